The van der Waals surface area contributed by atoms with Crippen molar-refractivity contribution >= 4 is 23.2 Å². The van der Waals surface area contributed by atoms with E-state index < -0.39 is 17.8 Å². The molecule has 0 heterocycles. The highest BCUT2D eigenvalue weighted by atomic mass is 35.5. The molecule has 0 aliphatic carbocycles. The van der Waals surface area contributed by atoms with Crippen LogP contribution in [0.2, 0.25) is 10.0 Å². The molecule has 0 radical (unpaired) electrons. The van der Waals surface area contributed by atoms with Gasteiger partial charge in [0.25, 0.3) is 6.43 Å². The lowest BCUT2D eigenvalue weighted by molar-refractivity contribution is -0.0883. The van der Waals surface area contributed by atoms with Gasteiger partial charge in [-0.3, -0.25) is 0 Å². The molecule has 1 nitrogen and oxygen atoms in total. The Morgan fingerprint density at radius 2 is 1.80 bits per heavy atom. The molecule has 1 aromatic rings. The highest BCUT2D eigenvalue weighted by molar-refractivity contribution is 6.35. The molecule has 84 valence electrons. The standard InChI is InChI=1S/C9H7Cl2F3O/c1-9(15,8(13)14)4-2-7(12)6(11)3-5(4)10/h2-3,8,15H,1H3. The van der Waals surface area contributed by atoms with Gasteiger partial charge in [0.15, 0.2) is 0 Å². The molecular weight excluding hydrogens is 252 g/mol. The summed E-state index contributed by atoms with van der Waals surface area (Å²) in [4.78, 5) is 0. The first kappa shape index (κ1) is 12.6. The predicted molar refractivity (Wildman–Crippen MR) is 52.0 cm³/mol. The molecule has 0 aliphatic heterocycles. The first-order valence-corrected chi connectivity index (χ1v) is 4.68. The highest BCUT2D eigenvalue weighted by Crippen LogP contribution is 2.35. The van der Waals surface area contributed by atoms with E-state index in [0.717, 1.165) is 13.0 Å². The van der Waals surface area contributed by atoms with Crippen LogP contribution in [0, 0.1) is 5.82 Å². The number of halogens is 5. The lowest BCUT2D eigenvalue weighted by Crippen LogP contribution is -2.30. The number of alkyl halides is 2. The van der Waals surface area contributed by atoms with Crippen LogP contribution in [0.1, 0.15) is 12.5 Å². The molecule has 0 saturated carbocycles. The molecule has 1 unspecified atom stereocenters. The number of benzene rings is 1. The zero-order valence-electron chi connectivity index (χ0n) is 7.57. The van der Waals surface area contributed by atoms with Crippen LogP contribution in [0.15, 0.2) is 12.1 Å². The van der Waals surface area contributed by atoms with Gasteiger partial charge in [0.05, 0.1) is 5.02 Å². The van der Waals surface area contributed by atoms with Crippen LogP contribution in [-0.2, 0) is 5.60 Å². The van der Waals surface area contributed by atoms with E-state index in [1.807, 2.05) is 0 Å². The topological polar surface area (TPSA) is 20.2 Å². The van der Waals surface area contributed by atoms with Gasteiger partial charge in [-0.1, -0.05) is 23.2 Å². The van der Waals surface area contributed by atoms with Gasteiger partial charge in [0, 0.05) is 10.6 Å². The normalized spacial score (nSPS) is 15.5. The minimum Gasteiger partial charge on any atom is -0.379 e. The summed E-state index contributed by atoms with van der Waals surface area (Å²) < 4.78 is 37.9. The molecule has 0 bridgehead atoms. The third-order valence-electron chi connectivity index (χ3n) is 1.98. The van der Waals surface area contributed by atoms with E-state index >= 15 is 0 Å². The Hall–Kier alpha value is -0.450. The first-order chi connectivity index (χ1) is 6.76. The van der Waals surface area contributed by atoms with E-state index in [4.69, 9.17) is 23.2 Å². The van der Waals surface area contributed by atoms with Crippen LogP contribution in [0.5, 0.6) is 0 Å². The minimum absolute atomic E-state index is 0.202. The third-order valence-corrected chi connectivity index (χ3v) is 2.58. The van der Waals surface area contributed by atoms with Crippen molar-refractivity contribution in [1.29, 1.82) is 0 Å². The molecule has 1 atom stereocenters. The molecule has 0 saturated heterocycles. The second kappa shape index (κ2) is 4.20. The summed E-state index contributed by atoms with van der Waals surface area (Å²) in [6, 6.07) is 1.68. The van der Waals surface area contributed by atoms with Crippen molar-refractivity contribution in [2.45, 2.75) is 19.0 Å². The fourth-order valence-electron chi connectivity index (χ4n) is 1.03. The third kappa shape index (κ3) is 2.38. The minimum atomic E-state index is -3.07. The van der Waals surface area contributed by atoms with E-state index in [1.165, 1.54) is 0 Å². The molecule has 0 spiro atoms. The molecular formula is C9H7Cl2F3O. The van der Waals surface area contributed by atoms with Crippen LogP contribution in [0.3, 0.4) is 0 Å². The monoisotopic (exact) mass is 258 g/mol. The van der Waals surface area contributed by atoms with Crippen molar-refractivity contribution in [3.63, 3.8) is 0 Å². The molecule has 0 aliphatic rings. The van der Waals surface area contributed by atoms with Crippen molar-refractivity contribution in [3.8, 4) is 0 Å². The number of hydrogen-bond donors (Lipinski definition) is 1. The van der Waals surface area contributed by atoms with E-state index in [9.17, 15) is 18.3 Å². The Balaban J connectivity index is 3.32. The van der Waals surface area contributed by atoms with Gasteiger partial charge in [-0.2, -0.15) is 0 Å². The number of aliphatic hydroxyl groups is 1. The fourth-order valence-corrected chi connectivity index (χ4v) is 1.60. The van der Waals surface area contributed by atoms with Gasteiger partial charge in [-0.15, -0.1) is 0 Å². The van der Waals surface area contributed by atoms with E-state index in [1.54, 1.807) is 0 Å². The summed E-state index contributed by atoms with van der Waals surface area (Å²) in [5.74, 6) is -0.906. The second-order valence-corrected chi connectivity index (χ2v) is 4.01. The van der Waals surface area contributed by atoms with Crippen LogP contribution >= 0.6 is 23.2 Å². The van der Waals surface area contributed by atoms with E-state index in [2.05, 4.69) is 0 Å². The molecule has 1 rings (SSSR count). The van der Waals surface area contributed by atoms with Gasteiger partial charge >= 0.3 is 0 Å². The van der Waals surface area contributed by atoms with Gasteiger partial charge < -0.3 is 5.11 Å². The van der Waals surface area contributed by atoms with Crippen LogP contribution in [-0.4, -0.2) is 11.5 Å². The zero-order valence-corrected chi connectivity index (χ0v) is 9.08. The van der Waals surface area contributed by atoms with E-state index in [0.29, 0.717) is 6.07 Å². The summed E-state index contributed by atoms with van der Waals surface area (Å²) in [6.45, 7) is 0.853. The van der Waals surface area contributed by atoms with Gasteiger partial charge in [0.1, 0.15) is 11.4 Å². The molecule has 0 fully saturated rings. The Kier molecular flexibility index (Phi) is 3.53. The zero-order chi connectivity index (χ0) is 11.8. The van der Waals surface area contributed by atoms with Crippen molar-refractivity contribution < 1.29 is 18.3 Å². The summed E-state index contributed by atoms with van der Waals surface area (Å²) in [6.07, 6.45) is -3.07. The van der Waals surface area contributed by atoms with Crippen molar-refractivity contribution in [3.05, 3.63) is 33.6 Å². The average Bonchev–Trinajstić information content (AvgIpc) is 2.10. The molecule has 1 aromatic carbocycles. The lowest BCUT2D eigenvalue weighted by Gasteiger charge is -2.23. The molecule has 0 amide bonds. The van der Waals surface area contributed by atoms with Crippen LogP contribution in [0.4, 0.5) is 13.2 Å². The first-order valence-electron chi connectivity index (χ1n) is 3.92. The van der Waals surface area contributed by atoms with Crippen LogP contribution < -0.4 is 0 Å². The summed E-state index contributed by atoms with van der Waals surface area (Å²) in [5.41, 5.74) is -2.89. The Morgan fingerprint density at radius 1 is 1.27 bits per heavy atom. The highest BCUT2D eigenvalue weighted by Gasteiger charge is 2.36. The summed E-state index contributed by atoms with van der Waals surface area (Å²) >= 11 is 11.0. The molecule has 0 aromatic heterocycles. The van der Waals surface area contributed by atoms with Crippen molar-refractivity contribution in [2.24, 2.45) is 0 Å². The van der Waals surface area contributed by atoms with Crippen molar-refractivity contribution in [2.75, 3.05) is 0 Å². The van der Waals surface area contributed by atoms with Gasteiger partial charge in [-0.25, -0.2) is 13.2 Å². The smallest absolute Gasteiger partial charge is 0.270 e. The summed E-state index contributed by atoms with van der Waals surface area (Å²) in [5, 5.41) is 8.93. The second-order valence-electron chi connectivity index (χ2n) is 3.19. The summed E-state index contributed by atoms with van der Waals surface area (Å²) in [7, 11) is 0. The maximum atomic E-state index is 13.0. The SMILES string of the molecule is CC(O)(c1cc(F)c(Cl)cc1Cl)C(F)F. The van der Waals surface area contributed by atoms with Gasteiger partial charge in [0.2, 0.25) is 0 Å². The molecule has 6 heteroatoms. The van der Waals surface area contributed by atoms with Crippen LogP contribution in [0.25, 0.3) is 0 Å². The van der Waals surface area contributed by atoms with Crippen molar-refractivity contribution in [1.82, 2.24) is 0 Å². The molecule has 15 heavy (non-hydrogen) atoms. The quantitative estimate of drug-likeness (QED) is 0.804. The predicted octanol–water partition coefficient (Wildman–Crippen LogP) is 3.61. The number of rotatable bonds is 2. The molecule has 1 N–H and O–H groups in total. The Morgan fingerprint density at radius 3 is 2.27 bits per heavy atom. The van der Waals surface area contributed by atoms with Gasteiger partial charge in [-0.05, 0) is 19.1 Å². The fraction of sp³-hybridized carbons (Fsp3) is 0.333. The maximum Gasteiger partial charge on any atom is 0.270 e. The Labute approximate surface area is 94.4 Å². The maximum absolute atomic E-state index is 13.0. The average molecular weight is 259 g/mol. The van der Waals surface area contributed by atoms with E-state index in [-0.39, 0.29) is 15.6 Å². The number of hydrogen-bond acceptors (Lipinski definition) is 1. The Bertz CT molecular complexity index is 380. The largest absolute Gasteiger partial charge is 0.379 e. The lowest BCUT2D eigenvalue weighted by atomic mass is 9.96.